The van der Waals surface area contributed by atoms with Crippen LogP contribution in [0.2, 0.25) is 0 Å². The van der Waals surface area contributed by atoms with Crippen molar-refractivity contribution in [3.8, 4) is 11.5 Å². The Hall–Kier alpha value is -2.73. The van der Waals surface area contributed by atoms with Crippen molar-refractivity contribution in [2.45, 2.75) is 20.4 Å². The molecule has 6 heteroatoms. The molecule has 2 aromatic rings. The van der Waals surface area contributed by atoms with Gasteiger partial charge in [0.25, 0.3) is 0 Å². The third-order valence-electron chi connectivity index (χ3n) is 4.31. The Kier molecular flexibility index (Phi) is 8.45. The third kappa shape index (κ3) is 6.83. The molecular weight excluding hydrogens is 342 g/mol. The highest BCUT2D eigenvalue weighted by molar-refractivity contribution is 5.90. The first-order chi connectivity index (χ1) is 13.2. The molecule has 2 aromatic carbocycles. The Morgan fingerprint density at radius 1 is 1.04 bits per heavy atom. The zero-order chi connectivity index (χ0) is 19.5. The Bertz CT molecular complexity index is 700. The molecule has 0 unspecified atom stereocenters. The standard InChI is InChI=1S/C21H29N3O3/c1-4-24(5-2)14-15-27-20-9-7-6-8-19(20)23-21(25)22-16-17-10-12-18(26-3)13-11-17/h6-13H,4-5,14-16H2,1-3H3,(H2,22,23,25). The van der Waals surface area contributed by atoms with Crippen molar-refractivity contribution in [3.05, 3.63) is 54.1 Å². The fraction of sp³-hybridized carbons (Fsp3) is 0.381. The van der Waals surface area contributed by atoms with Crippen molar-refractivity contribution in [3.63, 3.8) is 0 Å². The van der Waals surface area contributed by atoms with E-state index >= 15 is 0 Å². The van der Waals surface area contributed by atoms with Gasteiger partial charge in [0, 0.05) is 13.1 Å². The zero-order valence-electron chi connectivity index (χ0n) is 16.3. The highest BCUT2D eigenvalue weighted by Gasteiger charge is 2.08. The normalized spacial score (nSPS) is 10.5. The lowest BCUT2D eigenvalue weighted by Gasteiger charge is -2.19. The molecule has 0 aliphatic heterocycles. The molecule has 2 amide bonds. The van der Waals surface area contributed by atoms with Crippen molar-refractivity contribution >= 4 is 11.7 Å². The van der Waals surface area contributed by atoms with E-state index in [4.69, 9.17) is 9.47 Å². The summed E-state index contributed by atoms with van der Waals surface area (Å²) in [7, 11) is 1.63. The summed E-state index contributed by atoms with van der Waals surface area (Å²) in [6.07, 6.45) is 0. The maximum Gasteiger partial charge on any atom is 0.319 e. The largest absolute Gasteiger partial charge is 0.497 e. The number of nitrogens with zero attached hydrogens (tertiary/aromatic N) is 1. The molecule has 0 fully saturated rings. The van der Waals surface area contributed by atoms with Crippen LogP contribution in [-0.2, 0) is 6.54 Å². The molecule has 0 heterocycles. The molecule has 2 rings (SSSR count). The second-order valence-electron chi connectivity index (χ2n) is 6.03. The van der Waals surface area contributed by atoms with Gasteiger partial charge in [-0.3, -0.25) is 0 Å². The predicted octanol–water partition coefficient (Wildman–Crippen LogP) is 3.74. The SMILES string of the molecule is CCN(CC)CCOc1ccccc1NC(=O)NCc1ccc(OC)cc1. The van der Waals surface area contributed by atoms with Gasteiger partial charge in [0.15, 0.2) is 0 Å². The topological polar surface area (TPSA) is 62.8 Å². The molecule has 0 atom stereocenters. The lowest BCUT2D eigenvalue weighted by molar-refractivity contribution is 0.223. The van der Waals surface area contributed by atoms with Gasteiger partial charge in [-0.05, 0) is 42.9 Å². The van der Waals surface area contributed by atoms with E-state index in [0.29, 0.717) is 24.6 Å². The summed E-state index contributed by atoms with van der Waals surface area (Å²) in [6, 6.07) is 14.8. The number of para-hydroxylation sites is 2. The smallest absolute Gasteiger partial charge is 0.319 e. The van der Waals surface area contributed by atoms with Gasteiger partial charge in [-0.1, -0.05) is 38.1 Å². The third-order valence-corrected chi connectivity index (χ3v) is 4.31. The summed E-state index contributed by atoms with van der Waals surface area (Å²) in [5.41, 5.74) is 1.65. The van der Waals surface area contributed by atoms with Crippen LogP contribution in [-0.4, -0.2) is 44.3 Å². The Morgan fingerprint density at radius 3 is 2.41 bits per heavy atom. The fourth-order valence-corrected chi connectivity index (χ4v) is 2.61. The van der Waals surface area contributed by atoms with Gasteiger partial charge >= 0.3 is 6.03 Å². The second kappa shape index (κ2) is 11.1. The summed E-state index contributed by atoms with van der Waals surface area (Å²) in [4.78, 5) is 14.5. The van der Waals surface area contributed by atoms with Gasteiger partial charge in [0.2, 0.25) is 0 Å². The molecule has 0 aliphatic carbocycles. The number of hydrogen-bond donors (Lipinski definition) is 2. The van der Waals surface area contributed by atoms with Crippen LogP contribution in [0.1, 0.15) is 19.4 Å². The molecule has 2 N–H and O–H groups in total. The zero-order valence-corrected chi connectivity index (χ0v) is 16.3. The number of rotatable bonds is 10. The number of amides is 2. The van der Waals surface area contributed by atoms with Gasteiger partial charge in [0.05, 0.1) is 12.8 Å². The number of carbonyl (C=O) groups excluding carboxylic acids is 1. The van der Waals surface area contributed by atoms with E-state index in [1.807, 2.05) is 48.5 Å². The van der Waals surface area contributed by atoms with Crippen LogP contribution >= 0.6 is 0 Å². The minimum absolute atomic E-state index is 0.273. The molecule has 27 heavy (non-hydrogen) atoms. The van der Waals surface area contributed by atoms with E-state index in [-0.39, 0.29) is 6.03 Å². The number of urea groups is 1. The molecule has 0 spiro atoms. The van der Waals surface area contributed by atoms with E-state index in [9.17, 15) is 4.79 Å². The predicted molar refractivity (Wildman–Crippen MR) is 109 cm³/mol. The van der Waals surface area contributed by atoms with Crippen molar-refractivity contribution in [2.75, 3.05) is 38.7 Å². The summed E-state index contributed by atoms with van der Waals surface area (Å²) < 4.78 is 11.0. The van der Waals surface area contributed by atoms with Crippen molar-refractivity contribution in [1.29, 1.82) is 0 Å². The van der Waals surface area contributed by atoms with Gasteiger partial charge < -0.3 is 25.0 Å². The van der Waals surface area contributed by atoms with E-state index in [1.54, 1.807) is 7.11 Å². The maximum atomic E-state index is 12.2. The molecule has 0 aromatic heterocycles. The Balaban J connectivity index is 1.85. The minimum atomic E-state index is -0.273. The molecule has 0 saturated carbocycles. The average molecular weight is 371 g/mol. The number of hydrogen-bond acceptors (Lipinski definition) is 4. The monoisotopic (exact) mass is 371 g/mol. The van der Waals surface area contributed by atoms with E-state index in [1.165, 1.54) is 0 Å². The Labute approximate surface area is 161 Å². The summed E-state index contributed by atoms with van der Waals surface area (Å²) >= 11 is 0. The van der Waals surface area contributed by atoms with Gasteiger partial charge in [0.1, 0.15) is 18.1 Å². The lowest BCUT2D eigenvalue weighted by atomic mass is 10.2. The number of likely N-dealkylation sites (N-methyl/N-ethyl adjacent to an activating group) is 1. The molecule has 0 radical (unpaired) electrons. The highest BCUT2D eigenvalue weighted by Crippen LogP contribution is 2.23. The molecule has 0 bridgehead atoms. The van der Waals surface area contributed by atoms with Gasteiger partial charge in [-0.25, -0.2) is 4.79 Å². The number of anilines is 1. The molecule has 0 saturated heterocycles. The van der Waals surface area contributed by atoms with Crippen LogP contribution in [0.3, 0.4) is 0 Å². The second-order valence-corrected chi connectivity index (χ2v) is 6.03. The molecule has 0 aliphatic rings. The summed E-state index contributed by atoms with van der Waals surface area (Å²) in [5.74, 6) is 1.46. The first-order valence-electron chi connectivity index (χ1n) is 9.28. The van der Waals surface area contributed by atoms with Crippen LogP contribution in [0.25, 0.3) is 0 Å². The average Bonchev–Trinajstić information content (AvgIpc) is 2.71. The first-order valence-corrected chi connectivity index (χ1v) is 9.28. The molecule has 146 valence electrons. The van der Waals surface area contributed by atoms with E-state index < -0.39 is 0 Å². The van der Waals surface area contributed by atoms with Crippen molar-refractivity contribution in [2.24, 2.45) is 0 Å². The molecular formula is C21H29N3O3. The van der Waals surface area contributed by atoms with Crippen molar-refractivity contribution < 1.29 is 14.3 Å². The van der Waals surface area contributed by atoms with Gasteiger partial charge in [-0.2, -0.15) is 0 Å². The fourth-order valence-electron chi connectivity index (χ4n) is 2.61. The highest BCUT2D eigenvalue weighted by atomic mass is 16.5. The number of ether oxygens (including phenoxy) is 2. The first kappa shape index (κ1) is 20.6. The molecule has 6 nitrogen and oxygen atoms in total. The van der Waals surface area contributed by atoms with Crippen LogP contribution in [0.4, 0.5) is 10.5 Å². The van der Waals surface area contributed by atoms with Crippen LogP contribution in [0.5, 0.6) is 11.5 Å². The minimum Gasteiger partial charge on any atom is -0.497 e. The summed E-state index contributed by atoms with van der Waals surface area (Å²) in [6.45, 7) is 8.11. The maximum absolute atomic E-state index is 12.2. The quantitative estimate of drug-likeness (QED) is 0.668. The number of methoxy groups -OCH3 is 1. The van der Waals surface area contributed by atoms with E-state index in [2.05, 4.69) is 29.4 Å². The number of nitrogens with one attached hydrogen (secondary N) is 2. The van der Waals surface area contributed by atoms with E-state index in [0.717, 1.165) is 30.9 Å². The van der Waals surface area contributed by atoms with Crippen LogP contribution in [0, 0.1) is 0 Å². The van der Waals surface area contributed by atoms with Crippen LogP contribution in [0.15, 0.2) is 48.5 Å². The number of benzene rings is 2. The van der Waals surface area contributed by atoms with Crippen LogP contribution < -0.4 is 20.1 Å². The Morgan fingerprint density at radius 2 is 1.74 bits per heavy atom. The summed E-state index contributed by atoms with van der Waals surface area (Å²) in [5, 5.41) is 5.71. The van der Waals surface area contributed by atoms with Crippen molar-refractivity contribution in [1.82, 2.24) is 10.2 Å². The van der Waals surface area contributed by atoms with Gasteiger partial charge in [-0.15, -0.1) is 0 Å². The number of carbonyl (C=O) groups is 1. The lowest BCUT2D eigenvalue weighted by Crippen LogP contribution is -2.29.